The summed E-state index contributed by atoms with van der Waals surface area (Å²) in [5.74, 6) is 0.450. The topological polar surface area (TPSA) is 35.5 Å². The minimum Gasteiger partial charge on any atom is -0.435 e. The lowest BCUT2D eigenvalue weighted by atomic mass is 9.71. The molecule has 0 aromatic rings. The van der Waals surface area contributed by atoms with Gasteiger partial charge in [0.05, 0.1) is 6.61 Å². The molecule has 2 atom stereocenters. The second-order valence-electron chi connectivity index (χ2n) is 5.60. The Hall–Kier alpha value is -0.730. The van der Waals surface area contributed by atoms with E-state index in [2.05, 4.69) is 20.8 Å². The van der Waals surface area contributed by atoms with E-state index in [1.54, 1.807) is 6.92 Å². The van der Waals surface area contributed by atoms with Crippen LogP contribution in [0.4, 0.5) is 4.79 Å². The van der Waals surface area contributed by atoms with Crippen molar-refractivity contribution in [3.63, 3.8) is 0 Å². The zero-order valence-corrected chi connectivity index (χ0v) is 10.9. The maximum atomic E-state index is 11.3. The molecule has 0 bridgehead atoms. The van der Waals surface area contributed by atoms with Crippen LogP contribution >= 0.6 is 0 Å². The van der Waals surface area contributed by atoms with Gasteiger partial charge in [0.2, 0.25) is 0 Å². The first-order chi connectivity index (χ1) is 7.45. The molecule has 0 saturated heterocycles. The van der Waals surface area contributed by atoms with E-state index in [4.69, 9.17) is 9.47 Å². The normalized spacial score (nSPS) is 26.2. The van der Waals surface area contributed by atoms with E-state index >= 15 is 0 Å². The third-order valence-corrected chi connectivity index (χ3v) is 3.32. The molecule has 0 heterocycles. The molecule has 3 nitrogen and oxygen atoms in total. The van der Waals surface area contributed by atoms with Gasteiger partial charge in [0, 0.05) is 5.92 Å². The van der Waals surface area contributed by atoms with Crippen molar-refractivity contribution in [1.29, 1.82) is 0 Å². The number of rotatable bonds is 2. The molecule has 0 aliphatic heterocycles. The summed E-state index contributed by atoms with van der Waals surface area (Å²) in [6.07, 6.45) is 4.03. The number of ether oxygens (including phenoxy) is 2. The van der Waals surface area contributed by atoms with Gasteiger partial charge >= 0.3 is 6.16 Å². The van der Waals surface area contributed by atoms with Gasteiger partial charge in [-0.2, -0.15) is 0 Å². The molecule has 1 fully saturated rings. The summed E-state index contributed by atoms with van der Waals surface area (Å²) >= 11 is 0. The van der Waals surface area contributed by atoms with Gasteiger partial charge in [0.25, 0.3) is 0 Å². The van der Waals surface area contributed by atoms with Crippen LogP contribution in [0.3, 0.4) is 0 Å². The van der Waals surface area contributed by atoms with E-state index in [-0.39, 0.29) is 11.5 Å². The van der Waals surface area contributed by atoms with Crippen molar-refractivity contribution in [3.05, 3.63) is 0 Å². The van der Waals surface area contributed by atoms with E-state index in [1.807, 2.05) is 0 Å². The van der Waals surface area contributed by atoms with Gasteiger partial charge in [-0.1, -0.05) is 27.2 Å². The average molecular weight is 228 g/mol. The molecular formula is C13H24O3. The van der Waals surface area contributed by atoms with Crippen molar-refractivity contribution < 1.29 is 14.3 Å². The molecule has 16 heavy (non-hydrogen) atoms. The van der Waals surface area contributed by atoms with E-state index in [0.29, 0.717) is 12.5 Å². The van der Waals surface area contributed by atoms with Crippen LogP contribution in [0.15, 0.2) is 0 Å². The van der Waals surface area contributed by atoms with Crippen molar-refractivity contribution in [2.24, 2.45) is 11.3 Å². The zero-order chi connectivity index (χ0) is 12.2. The molecule has 0 N–H and O–H groups in total. The fourth-order valence-corrected chi connectivity index (χ4v) is 2.50. The molecule has 1 aliphatic carbocycles. The first-order valence-electron chi connectivity index (χ1n) is 6.28. The summed E-state index contributed by atoms with van der Waals surface area (Å²) < 4.78 is 10.3. The fraction of sp³-hybridized carbons (Fsp3) is 0.923. The Kier molecular flexibility index (Phi) is 4.63. The molecule has 0 spiro atoms. The van der Waals surface area contributed by atoms with Gasteiger partial charge < -0.3 is 9.47 Å². The molecule has 1 aliphatic rings. The Balaban J connectivity index is 2.57. The molecule has 0 amide bonds. The highest BCUT2D eigenvalue weighted by atomic mass is 16.7. The number of hydrogen-bond donors (Lipinski definition) is 0. The van der Waals surface area contributed by atoms with Crippen LogP contribution in [-0.4, -0.2) is 18.9 Å². The molecular weight excluding hydrogens is 204 g/mol. The monoisotopic (exact) mass is 228 g/mol. The Morgan fingerprint density at radius 3 is 2.44 bits per heavy atom. The largest absolute Gasteiger partial charge is 0.508 e. The van der Waals surface area contributed by atoms with Crippen LogP contribution in [0.25, 0.3) is 0 Å². The van der Waals surface area contributed by atoms with Crippen LogP contribution in [0.5, 0.6) is 0 Å². The van der Waals surface area contributed by atoms with Crippen LogP contribution in [0.1, 0.15) is 53.4 Å². The molecule has 1 rings (SSSR count). The minimum atomic E-state index is -0.511. The third kappa shape index (κ3) is 3.69. The quantitative estimate of drug-likeness (QED) is 0.675. The van der Waals surface area contributed by atoms with Crippen molar-refractivity contribution >= 4 is 6.16 Å². The molecule has 0 radical (unpaired) electrons. The van der Waals surface area contributed by atoms with Gasteiger partial charge in [-0.3, -0.25) is 0 Å². The standard InChI is InChI=1S/C13H24O3/c1-5-15-12(14)16-11-9-7-6-8-10(11)13(2,3)4/h10-11H,5-9H2,1-4H3/t10-,11-/m0/s1. The van der Waals surface area contributed by atoms with E-state index < -0.39 is 6.16 Å². The second kappa shape index (κ2) is 5.55. The average Bonchev–Trinajstić information content (AvgIpc) is 2.17. The summed E-state index contributed by atoms with van der Waals surface area (Å²) in [6, 6.07) is 0. The molecule has 1 saturated carbocycles. The highest BCUT2D eigenvalue weighted by Crippen LogP contribution is 2.39. The first-order valence-corrected chi connectivity index (χ1v) is 6.28. The van der Waals surface area contributed by atoms with Gasteiger partial charge in [-0.15, -0.1) is 0 Å². The Morgan fingerprint density at radius 2 is 1.88 bits per heavy atom. The lowest BCUT2D eigenvalue weighted by Gasteiger charge is -2.39. The number of carbonyl (C=O) groups excluding carboxylic acids is 1. The first kappa shape index (κ1) is 13.3. The van der Waals surface area contributed by atoms with Crippen molar-refractivity contribution in [2.75, 3.05) is 6.61 Å². The predicted octanol–water partition coefficient (Wildman–Crippen LogP) is 3.76. The van der Waals surface area contributed by atoms with E-state index in [0.717, 1.165) is 19.3 Å². The summed E-state index contributed by atoms with van der Waals surface area (Å²) in [7, 11) is 0. The Labute approximate surface area is 98.5 Å². The molecule has 94 valence electrons. The summed E-state index contributed by atoms with van der Waals surface area (Å²) in [4.78, 5) is 11.3. The molecule has 3 heteroatoms. The summed E-state index contributed by atoms with van der Waals surface area (Å²) in [5, 5.41) is 0. The van der Waals surface area contributed by atoms with Gasteiger partial charge in [0.1, 0.15) is 6.10 Å². The maximum absolute atomic E-state index is 11.3. The van der Waals surface area contributed by atoms with Crippen molar-refractivity contribution in [3.8, 4) is 0 Å². The lowest BCUT2D eigenvalue weighted by Crippen LogP contribution is -2.38. The van der Waals surface area contributed by atoms with Gasteiger partial charge in [-0.25, -0.2) is 4.79 Å². The Morgan fingerprint density at radius 1 is 1.25 bits per heavy atom. The second-order valence-corrected chi connectivity index (χ2v) is 5.60. The van der Waals surface area contributed by atoms with E-state index in [9.17, 15) is 4.79 Å². The highest BCUT2D eigenvalue weighted by Gasteiger charge is 2.36. The molecule has 0 unspecified atom stereocenters. The smallest absolute Gasteiger partial charge is 0.435 e. The van der Waals surface area contributed by atoms with Crippen LogP contribution < -0.4 is 0 Å². The predicted molar refractivity (Wildman–Crippen MR) is 63.3 cm³/mol. The number of carbonyl (C=O) groups is 1. The van der Waals surface area contributed by atoms with Crippen LogP contribution in [0.2, 0.25) is 0 Å². The van der Waals surface area contributed by atoms with E-state index in [1.165, 1.54) is 6.42 Å². The maximum Gasteiger partial charge on any atom is 0.508 e. The fourth-order valence-electron chi connectivity index (χ4n) is 2.50. The summed E-state index contributed by atoms with van der Waals surface area (Å²) in [5.41, 5.74) is 0.192. The minimum absolute atomic E-state index is 0.0350. The van der Waals surface area contributed by atoms with Crippen molar-refractivity contribution in [1.82, 2.24) is 0 Å². The van der Waals surface area contributed by atoms with Gasteiger partial charge in [0.15, 0.2) is 0 Å². The Bertz CT molecular complexity index is 230. The lowest BCUT2D eigenvalue weighted by molar-refractivity contribution is -0.0379. The summed E-state index contributed by atoms with van der Waals surface area (Å²) in [6.45, 7) is 8.81. The third-order valence-electron chi connectivity index (χ3n) is 3.32. The number of hydrogen-bond acceptors (Lipinski definition) is 3. The zero-order valence-electron chi connectivity index (χ0n) is 10.9. The highest BCUT2D eigenvalue weighted by molar-refractivity contribution is 5.60. The molecule has 0 aromatic carbocycles. The SMILES string of the molecule is CCOC(=O)O[C@H]1CCCC[C@@H]1C(C)(C)C. The van der Waals surface area contributed by atoms with Crippen molar-refractivity contribution in [2.45, 2.75) is 59.5 Å². The van der Waals surface area contributed by atoms with Crippen LogP contribution in [-0.2, 0) is 9.47 Å². The molecule has 0 aromatic heterocycles. The van der Waals surface area contributed by atoms with Crippen LogP contribution in [0, 0.1) is 11.3 Å². The van der Waals surface area contributed by atoms with Gasteiger partial charge in [-0.05, 0) is 31.6 Å².